The average molecular weight is 308 g/mol. The van der Waals surface area contributed by atoms with Gasteiger partial charge in [0.15, 0.2) is 0 Å². The van der Waals surface area contributed by atoms with E-state index in [0.29, 0.717) is 5.88 Å². The number of halogens is 1. The summed E-state index contributed by atoms with van der Waals surface area (Å²) in [7, 11) is 0. The summed E-state index contributed by atoms with van der Waals surface area (Å²) in [6.45, 7) is 3.07. The maximum atomic E-state index is 5.71. The van der Waals surface area contributed by atoms with E-state index < -0.39 is 0 Å². The van der Waals surface area contributed by atoms with Crippen LogP contribution in [0.25, 0.3) is 11.0 Å². The van der Waals surface area contributed by atoms with E-state index in [1.807, 2.05) is 24.3 Å². The topological polar surface area (TPSA) is 47.0 Å². The quantitative estimate of drug-likeness (QED) is 0.862. The summed E-state index contributed by atoms with van der Waals surface area (Å²) in [6.07, 6.45) is 6.68. The second-order valence-corrected chi connectivity index (χ2v) is 5.40. The number of piperidine rings is 1. The molecule has 1 fully saturated rings. The Balaban J connectivity index is 0.00000161. The van der Waals surface area contributed by atoms with E-state index in [4.69, 9.17) is 4.74 Å². The smallest absolute Gasteiger partial charge is 0.232 e. The highest BCUT2D eigenvalue weighted by atomic mass is 35.5. The highest BCUT2D eigenvalue weighted by Crippen LogP contribution is 2.17. The molecule has 3 rings (SSSR count). The molecule has 1 aliphatic rings. The average Bonchev–Trinajstić information content (AvgIpc) is 2.52. The van der Waals surface area contributed by atoms with Gasteiger partial charge in [-0.1, -0.05) is 12.1 Å². The summed E-state index contributed by atoms with van der Waals surface area (Å²) in [5, 5.41) is 3.45. The lowest BCUT2D eigenvalue weighted by Gasteiger charge is -2.22. The second kappa shape index (κ2) is 8.15. The van der Waals surface area contributed by atoms with Gasteiger partial charge in [0.2, 0.25) is 5.88 Å². The maximum Gasteiger partial charge on any atom is 0.232 e. The molecule has 5 heteroatoms. The normalized spacial score (nSPS) is 18.2. The van der Waals surface area contributed by atoms with E-state index >= 15 is 0 Å². The van der Waals surface area contributed by atoms with Crippen LogP contribution in [-0.2, 0) is 0 Å². The number of nitrogens with one attached hydrogen (secondary N) is 1. The van der Waals surface area contributed by atoms with Crippen LogP contribution in [0.3, 0.4) is 0 Å². The van der Waals surface area contributed by atoms with Gasteiger partial charge in [-0.15, -0.1) is 12.4 Å². The summed E-state index contributed by atoms with van der Waals surface area (Å²) >= 11 is 0. The lowest BCUT2D eigenvalue weighted by atomic mass is 9.95. The zero-order valence-corrected chi connectivity index (χ0v) is 12.9. The minimum absolute atomic E-state index is 0. The number of rotatable bonds is 5. The van der Waals surface area contributed by atoms with Gasteiger partial charge in [-0.25, -0.2) is 9.97 Å². The van der Waals surface area contributed by atoms with E-state index in [-0.39, 0.29) is 12.4 Å². The Hall–Kier alpha value is -1.39. The van der Waals surface area contributed by atoms with Crippen molar-refractivity contribution in [2.75, 3.05) is 19.7 Å². The molecule has 21 heavy (non-hydrogen) atoms. The molecule has 0 bridgehead atoms. The highest BCUT2D eigenvalue weighted by molar-refractivity contribution is 5.85. The first-order chi connectivity index (χ1) is 9.92. The Morgan fingerprint density at radius 3 is 2.90 bits per heavy atom. The SMILES string of the molecule is Cl.c1ccc2nc(OCCCC3CCCNC3)cnc2c1. The van der Waals surface area contributed by atoms with Crippen molar-refractivity contribution in [2.45, 2.75) is 25.7 Å². The minimum atomic E-state index is 0. The molecule has 2 aromatic rings. The third-order valence-electron chi connectivity index (χ3n) is 3.83. The van der Waals surface area contributed by atoms with Gasteiger partial charge in [0.1, 0.15) is 0 Å². The lowest BCUT2D eigenvalue weighted by Crippen LogP contribution is -2.29. The van der Waals surface area contributed by atoms with Crippen LogP contribution in [0.1, 0.15) is 25.7 Å². The van der Waals surface area contributed by atoms with Gasteiger partial charge in [-0.3, -0.25) is 0 Å². The lowest BCUT2D eigenvalue weighted by molar-refractivity contribution is 0.268. The summed E-state index contributed by atoms with van der Waals surface area (Å²) < 4.78 is 5.71. The van der Waals surface area contributed by atoms with Gasteiger partial charge in [-0.05, 0) is 56.8 Å². The van der Waals surface area contributed by atoms with Crippen LogP contribution in [0.4, 0.5) is 0 Å². The molecule has 4 nitrogen and oxygen atoms in total. The molecule has 1 aromatic carbocycles. The maximum absolute atomic E-state index is 5.71. The van der Waals surface area contributed by atoms with Crippen molar-refractivity contribution in [3.8, 4) is 5.88 Å². The fraction of sp³-hybridized carbons (Fsp3) is 0.500. The van der Waals surface area contributed by atoms with Crippen LogP contribution >= 0.6 is 12.4 Å². The predicted octanol–water partition coefficient (Wildman–Crippen LogP) is 3.21. The molecule has 0 aliphatic carbocycles. The number of hydrogen-bond donors (Lipinski definition) is 1. The number of nitrogens with zero attached hydrogens (tertiary/aromatic N) is 2. The Morgan fingerprint density at radius 2 is 2.10 bits per heavy atom. The van der Waals surface area contributed by atoms with Crippen LogP contribution in [0.2, 0.25) is 0 Å². The molecule has 114 valence electrons. The molecule has 1 atom stereocenters. The first kappa shape index (κ1) is 16.0. The van der Waals surface area contributed by atoms with Crippen molar-refractivity contribution in [1.29, 1.82) is 0 Å². The van der Waals surface area contributed by atoms with Crippen molar-refractivity contribution in [2.24, 2.45) is 5.92 Å². The first-order valence-electron chi connectivity index (χ1n) is 7.47. The van der Waals surface area contributed by atoms with Gasteiger partial charge in [0.25, 0.3) is 0 Å². The largest absolute Gasteiger partial charge is 0.477 e. The predicted molar refractivity (Wildman–Crippen MR) is 87.1 cm³/mol. The molecule has 1 unspecified atom stereocenters. The van der Waals surface area contributed by atoms with E-state index in [0.717, 1.165) is 36.5 Å². The highest BCUT2D eigenvalue weighted by Gasteiger charge is 2.12. The third kappa shape index (κ3) is 4.55. The fourth-order valence-corrected chi connectivity index (χ4v) is 2.73. The monoisotopic (exact) mass is 307 g/mol. The van der Waals surface area contributed by atoms with Crippen LogP contribution < -0.4 is 10.1 Å². The van der Waals surface area contributed by atoms with Crippen molar-refractivity contribution in [3.05, 3.63) is 30.5 Å². The van der Waals surface area contributed by atoms with Gasteiger partial charge < -0.3 is 10.1 Å². The third-order valence-corrected chi connectivity index (χ3v) is 3.83. The number of ether oxygens (including phenoxy) is 1. The molecular formula is C16H22ClN3O. The van der Waals surface area contributed by atoms with E-state index in [2.05, 4.69) is 15.3 Å². The second-order valence-electron chi connectivity index (χ2n) is 5.40. The van der Waals surface area contributed by atoms with E-state index in [1.165, 1.54) is 25.8 Å². The van der Waals surface area contributed by atoms with Crippen LogP contribution in [0.15, 0.2) is 30.5 Å². The van der Waals surface area contributed by atoms with Gasteiger partial charge in [-0.2, -0.15) is 0 Å². The first-order valence-corrected chi connectivity index (χ1v) is 7.47. The van der Waals surface area contributed by atoms with Crippen molar-refractivity contribution in [1.82, 2.24) is 15.3 Å². The zero-order valence-electron chi connectivity index (χ0n) is 12.1. The summed E-state index contributed by atoms with van der Waals surface area (Å²) in [5.74, 6) is 1.44. The Labute approximate surface area is 131 Å². The van der Waals surface area contributed by atoms with Crippen LogP contribution in [0.5, 0.6) is 5.88 Å². The molecule has 1 N–H and O–H groups in total. The van der Waals surface area contributed by atoms with Crippen LogP contribution in [0, 0.1) is 5.92 Å². The molecule has 1 aromatic heterocycles. The van der Waals surface area contributed by atoms with E-state index in [9.17, 15) is 0 Å². The zero-order chi connectivity index (χ0) is 13.6. The molecule has 0 saturated carbocycles. The molecule has 0 radical (unpaired) electrons. The van der Waals surface area contributed by atoms with Crippen molar-refractivity contribution < 1.29 is 4.74 Å². The summed E-state index contributed by atoms with van der Waals surface area (Å²) in [6, 6.07) is 7.86. The fourth-order valence-electron chi connectivity index (χ4n) is 2.73. The van der Waals surface area contributed by atoms with E-state index in [1.54, 1.807) is 6.20 Å². The standard InChI is InChI=1S/C16H21N3O.ClH/c1-2-8-15-14(7-1)18-12-16(19-15)20-10-4-6-13-5-3-9-17-11-13;/h1-2,7-8,12-13,17H,3-6,9-11H2;1H. The Kier molecular flexibility index (Phi) is 6.21. The number of fused-ring (bicyclic) bond motifs is 1. The minimum Gasteiger partial charge on any atom is -0.477 e. The van der Waals surface area contributed by atoms with Crippen molar-refractivity contribution in [3.63, 3.8) is 0 Å². The van der Waals surface area contributed by atoms with Crippen LogP contribution in [-0.4, -0.2) is 29.7 Å². The number of hydrogen-bond acceptors (Lipinski definition) is 4. The summed E-state index contributed by atoms with van der Waals surface area (Å²) in [5.41, 5.74) is 1.80. The molecule has 1 saturated heterocycles. The van der Waals surface area contributed by atoms with Gasteiger partial charge in [0.05, 0.1) is 23.8 Å². The molecular weight excluding hydrogens is 286 g/mol. The number of benzene rings is 1. The van der Waals surface area contributed by atoms with Gasteiger partial charge >= 0.3 is 0 Å². The Morgan fingerprint density at radius 1 is 1.24 bits per heavy atom. The molecule has 1 aliphatic heterocycles. The summed E-state index contributed by atoms with van der Waals surface area (Å²) in [4.78, 5) is 8.81. The molecule has 0 amide bonds. The van der Waals surface area contributed by atoms with Gasteiger partial charge in [0, 0.05) is 0 Å². The number of para-hydroxylation sites is 2. The molecule has 0 spiro atoms. The Bertz CT molecular complexity index is 558. The molecule has 2 heterocycles. The number of aromatic nitrogens is 2. The van der Waals surface area contributed by atoms with Crippen molar-refractivity contribution >= 4 is 23.4 Å².